The molecule has 25 heavy (non-hydrogen) atoms. The number of benzene rings is 2. The first-order valence-electron chi connectivity index (χ1n) is 8.87. The Hall–Kier alpha value is -1.67. The third kappa shape index (κ3) is 4.12. The number of allylic oxidation sites excluding steroid dienone is 1. The fourth-order valence-electron chi connectivity index (χ4n) is 3.37. The summed E-state index contributed by atoms with van der Waals surface area (Å²) in [7, 11) is -2.92. The van der Waals surface area contributed by atoms with E-state index in [4.69, 9.17) is 4.52 Å². The van der Waals surface area contributed by atoms with Crippen LogP contribution in [0.5, 0.6) is 0 Å². The van der Waals surface area contributed by atoms with Crippen molar-refractivity contribution in [3.63, 3.8) is 0 Å². The van der Waals surface area contributed by atoms with E-state index in [1.54, 1.807) is 0 Å². The molecule has 0 amide bonds. The van der Waals surface area contributed by atoms with Gasteiger partial charge < -0.3 is 4.52 Å². The van der Waals surface area contributed by atoms with Crippen molar-refractivity contribution >= 4 is 7.52 Å². The molecule has 3 nitrogen and oxygen atoms in total. The molecule has 1 aliphatic heterocycles. The highest BCUT2D eigenvalue weighted by molar-refractivity contribution is 7.56. The van der Waals surface area contributed by atoms with Crippen LogP contribution in [0.2, 0.25) is 0 Å². The third-order valence-electron chi connectivity index (χ3n) is 4.67. The number of nitrogens with zero attached hydrogens (tertiary/aromatic N) is 1. The van der Waals surface area contributed by atoms with Crippen LogP contribution in [-0.4, -0.2) is 24.0 Å². The number of hydrogen-bond acceptors (Lipinski definition) is 2. The van der Waals surface area contributed by atoms with Crippen LogP contribution in [0.1, 0.15) is 30.5 Å². The van der Waals surface area contributed by atoms with Gasteiger partial charge in [-0.05, 0) is 23.5 Å². The van der Waals surface area contributed by atoms with Gasteiger partial charge in [-0.15, -0.1) is 6.58 Å². The summed E-state index contributed by atoms with van der Waals surface area (Å²) in [6, 6.07) is 20.5. The van der Waals surface area contributed by atoms with Gasteiger partial charge in [0.2, 0.25) is 0 Å². The first-order chi connectivity index (χ1) is 12.1. The summed E-state index contributed by atoms with van der Waals surface area (Å²) in [6.07, 6.45) is 3.26. The van der Waals surface area contributed by atoms with Gasteiger partial charge in [0.25, 0.3) is 7.52 Å². The van der Waals surface area contributed by atoms with Gasteiger partial charge in [0, 0.05) is 12.7 Å². The summed E-state index contributed by atoms with van der Waals surface area (Å²) in [5.41, 5.74) is 2.29. The molecule has 1 saturated heterocycles. The zero-order valence-electron chi connectivity index (χ0n) is 14.8. The second-order valence-corrected chi connectivity index (χ2v) is 9.02. The Labute approximate surface area is 150 Å². The molecule has 1 heterocycles. The molecule has 0 bridgehead atoms. The van der Waals surface area contributed by atoms with Gasteiger partial charge in [0.05, 0.1) is 12.6 Å². The van der Waals surface area contributed by atoms with Gasteiger partial charge in [-0.1, -0.05) is 73.7 Å². The summed E-state index contributed by atoms with van der Waals surface area (Å²) in [4.78, 5) is 0. The minimum atomic E-state index is -2.92. The molecule has 3 rings (SSSR count). The topological polar surface area (TPSA) is 29.5 Å². The van der Waals surface area contributed by atoms with Gasteiger partial charge in [-0.3, -0.25) is 4.57 Å². The summed E-state index contributed by atoms with van der Waals surface area (Å²) >= 11 is 0. The average molecular weight is 355 g/mol. The summed E-state index contributed by atoms with van der Waals surface area (Å²) in [6.45, 7) is 7.23. The molecule has 4 heteroatoms. The Morgan fingerprint density at radius 3 is 2.20 bits per heavy atom. The van der Waals surface area contributed by atoms with Crippen molar-refractivity contribution in [2.45, 2.75) is 19.4 Å². The lowest BCUT2D eigenvalue weighted by Crippen LogP contribution is -2.34. The van der Waals surface area contributed by atoms with E-state index in [9.17, 15) is 4.57 Å². The van der Waals surface area contributed by atoms with Crippen LogP contribution in [-0.2, 0) is 9.09 Å². The maximum Gasteiger partial charge on any atom is 0.273 e. The first-order valence-corrected chi connectivity index (χ1v) is 10.6. The molecule has 2 atom stereocenters. The molecule has 1 aliphatic rings. The fourth-order valence-corrected chi connectivity index (χ4v) is 6.19. The lowest BCUT2D eigenvalue weighted by molar-refractivity contribution is 0.187. The quantitative estimate of drug-likeness (QED) is 0.505. The standard InChI is InChI=1S/C21H26NO2P/c1-3-18(2)17-25(23)22(15-10-16-24-25)21(19-11-6-4-7-12-19)20-13-8-5-9-14-20/h3-9,11-14,18,21H,1,10,15-17H2,2H3. The normalized spacial score (nSPS) is 22.6. The molecule has 0 radical (unpaired) electrons. The zero-order chi connectivity index (χ0) is 17.7. The highest BCUT2D eigenvalue weighted by atomic mass is 31.2. The molecule has 132 valence electrons. The van der Waals surface area contributed by atoms with Crippen LogP contribution < -0.4 is 0 Å². The van der Waals surface area contributed by atoms with Crippen LogP contribution in [0.3, 0.4) is 0 Å². The lowest BCUT2D eigenvalue weighted by Gasteiger charge is -2.41. The Bertz CT molecular complexity index is 693. The predicted octanol–water partition coefficient (Wildman–Crippen LogP) is 5.51. The second kappa shape index (κ2) is 8.14. The zero-order valence-corrected chi connectivity index (χ0v) is 15.6. The predicted molar refractivity (Wildman–Crippen MR) is 104 cm³/mol. The largest absolute Gasteiger partial charge is 0.317 e. The van der Waals surface area contributed by atoms with Crippen LogP contribution >= 0.6 is 7.52 Å². The van der Waals surface area contributed by atoms with Crippen molar-refractivity contribution in [2.75, 3.05) is 19.3 Å². The molecule has 2 aromatic rings. The first kappa shape index (κ1) is 18.1. The summed E-state index contributed by atoms with van der Waals surface area (Å²) in [5, 5.41) is 0. The van der Waals surface area contributed by atoms with Crippen molar-refractivity contribution in [2.24, 2.45) is 5.92 Å². The van der Waals surface area contributed by atoms with Gasteiger partial charge in [-0.2, -0.15) is 0 Å². The Kier molecular flexibility index (Phi) is 5.90. The van der Waals surface area contributed by atoms with Gasteiger partial charge >= 0.3 is 0 Å². The van der Waals surface area contributed by atoms with Crippen molar-refractivity contribution in [3.8, 4) is 0 Å². The highest BCUT2D eigenvalue weighted by Gasteiger charge is 2.41. The molecule has 0 saturated carbocycles. The van der Waals surface area contributed by atoms with E-state index in [0.29, 0.717) is 12.8 Å². The maximum absolute atomic E-state index is 13.8. The van der Waals surface area contributed by atoms with Gasteiger partial charge in [0.15, 0.2) is 0 Å². The molecular formula is C21H26NO2P. The van der Waals surface area contributed by atoms with Gasteiger partial charge in [-0.25, -0.2) is 4.67 Å². The van der Waals surface area contributed by atoms with Crippen LogP contribution in [0.4, 0.5) is 0 Å². The van der Waals surface area contributed by atoms with Crippen LogP contribution in [0, 0.1) is 5.92 Å². The molecule has 2 aromatic carbocycles. The number of hydrogen-bond donors (Lipinski definition) is 0. The van der Waals surface area contributed by atoms with Crippen molar-refractivity contribution in [1.82, 2.24) is 4.67 Å². The van der Waals surface area contributed by atoms with E-state index in [2.05, 4.69) is 35.5 Å². The van der Waals surface area contributed by atoms with Gasteiger partial charge in [0.1, 0.15) is 0 Å². The van der Waals surface area contributed by atoms with Crippen molar-refractivity contribution in [3.05, 3.63) is 84.4 Å². The maximum atomic E-state index is 13.8. The Morgan fingerprint density at radius 1 is 1.12 bits per heavy atom. The minimum Gasteiger partial charge on any atom is -0.317 e. The van der Waals surface area contributed by atoms with E-state index in [1.165, 1.54) is 0 Å². The Morgan fingerprint density at radius 2 is 1.68 bits per heavy atom. The van der Waals surface area contributed by atoms with E-state index in [1.807, 2.05) is 49.4 Å². The summed E-state index contributed by atoms with van der Waals surface area (Å²) < 4.78 is 21.8. The van der Waals surface area contributed by atoms with E-state index in [0.717, 1.165) is 24.1 Å². The van der Waals surface area contributed by atoms with Crippen LogP contribution in [0.15, 0.2) is 73.3 Å². The van der Waals surface area contributed by atoms with E-state index >= 15 is 0 Å². The van der Waals surface area contributed by atoms with Crippen LogP contribution in [0.25, 0.3) is 0 Å². The van der Waals surface area contributed by atoms with E-state index in [-0.39, 0.29) is 12.0 Å². The second-order valence-electron chi connectivity index (χ2n) is 6.61. The molecule has 2 unspecified atom stereocenters. The molecule has 0 aromatic heterocycles. The average Bonchev–Trinajstić information content (AvgIpc) is 2.65. The minimum absolute atomic E-state index is 0.0643. The van der Waals surface area contributed by atoms with E-state index < -0.39 is 7.52 Å². The molecular weight excluding hydrogens is 329 g/mol. The monoisotopic (exact) mass is 355 g/mol. The molecule has 0 spiro atoms. The summed E-state index contributed by atoms with van der Waals surface area (Å²) in [5.74, 6) is 0.152. The molecule has 0 aliphatic carbocycles. The third-order valence-corrected chi connectivity index (χ3v) is 7.50. The lowest BCUT2D eigenvalue weighted by atomic mass is 9.98. The van der Waals surface area contributed by atoms with Crippen molar-refractivity contribution in [1.29, 1.82) is 0 Å². The smallest absolute Gasteiger partial charge is 0.273 e. The highest BCUT2D eigenvalue weighted by Crippen LogP contribution is 2.59. The van der Waals surface area contributed by atoms with Crippen molar-refractivity contribution < 1.29 is 9.09 Å². The Balaban J connectivity index is 2.04. The SMILES string of the molecule is C=CC(C)CP1(=O)OCCCN1C(c1ccccc1)c1ccccc1. The molecule has 1 fully saturated rings. The molecule has 0 N–H and O–H groups in total. The number of rotatable bonds is 6. The fraction of sp³-hybridized carbons (Fsp3) is 0.333.